The van der Waals surface area contributed by atoms with Crippen molar-refractivity contribution in [1.29, 1.82) is 0 Å². The van der Waals surface area contributed by atoms with E-state index in [1.165, 1.54) is 42.2 Å². The Labute approximate surface area is 188 Å². The van der Waals surface area contributed by atoms with Crippen LogP contribution in [0.4, 0.5) is 0 Å². The van der Waals surface area contributed by atoms with E-state index in [9.17, 15) is 5.11 Å². The summed E-state index contributed by atoms with van der Waals surface area (Å²) in [5, 5.41) is 11.1. The van der Waals surface area contributed by atoms with E-state index in [1.807, 2.05) is 24.3 Å². The Morgan fingerprint density at radius 2 is 1.97 bits per heavy atom. The molecule has 0 spiro atoms. The molecule has 0 amide bonds. The number of aromatic nitrogens is 2. The highest BCUT2D eigenvalue weighted by Gasteiger charge is 2.23. The summed E-state index contributed by atoms with van der Waals surface area (Å²) >= 11 is 0. The number of nitrogens with zero attached hydrogens (tertiary/aromatic N) is 4. The molecular weight excluding hydrogens is 400 g/mol. The second-order valence-electron chi connectivity index (χ2n) is 8.00. The molecular formula is C26H28N4O2. The molecule has 1 aliphatic rings. The number of rotatable bonds is 6. The van der Waals surface area contributed by atoms with Gasteiger partial charge in [-0.2, -0.15) is 9.97 Å². The summed E-state index contributed by atoms with van der Waals surface area (Å²) in [6.45, 7) is 6.09. The van der Waals surface area contributed by atoms with Crippen molar-refractivity contribution in [3.05, 3.63) is 75.8 Å². The molecule has 1 aromatic heterocycles. The van der Waals surface area contributed by atoms with Crippen molar-refractivity contribution in [3.8, 4) is 17.6 Å². The zero-order valence-corrected chi connectivity index (χ0v) is 18.5. The van der Waals surface area contributed by atoms with Gasteiger partial charge >= 0.3 is 6.01 Å². The Hall–Kier alpha value is -3.51. The van der Waals surface area contributed by atoms with Gasteiger partial charge in [-0.3, -0.25) is 9.89 Å². The van der Waals surface area contributed by atoms with Crippen LogP contribution in [-0.4, -0.2) is 33.7 Å². The molecule has 2 aromatic carbocycles. The normalized spacial score (nSPS) is 16.8. The van der Waals surface area contributed by atoms with Gasteiger partial charge in [-0.1, -0.05) is 42.5 Å². The van der Waals surface area contributed by atoms with Gasteiger partial charge in [0.15, 0.2) is 0 Å². The SMILES string of the molecule is C=N/C=c1/nc(Oc2ccc(CN(C)C3CCCc4ccccc43)cc2)nc(O)/c1=C/C. The minimum Gasteiger partial charge on any atom is -0.493 e. The Balaban J connectivity index is 1.48. The highest BCUT2D eigenvalue weighted by Crippen LogP contribution is 2.34. The first-order chi connectivity index (χ1) is 15.6. The van der Waals surface area contributed by atoms with E-state index in [0.717, 1.165) is 6.54 Å². The molecule has 0 bridgehead atoms. The summed E-state index contributed by atoms with van der Waals surface area (Å²) in [6, 6.07) is 17.2. The van der Waals surface area contributed by atoms with Crippen molar-refractivity contribution in [2.75, 3.05) is 7.05 Å². The van der Waals surface area contributed by atoms with Crippen molar-refractivity contribution >= 4 is 19.0 Å². The molecule has 0 saturated carbocycles. The quantitative estimate of drug-likeness (QED) is 0.606. The van der Waals surface area contributed by atoms with Crippen molar-refractivity contribution in [2.24, 2.45) is 4.99 Å². The lowest BCUT2D eigenvalue weighted by molar-refractivity contribution is 0.213. The van der Waals surface area contributed by atoms with Crippen LogP contribution in [0, 0.1) is 0 Å². The molecule has 1 N–H and O–H groups in total. The minimum absolute atomic E-state index is 0.0617. The van der Waals surface area contributed by atoms with Gasteiger partial charge in [-0.25, -0.2) is 0 Å². The van der Waals surface area contributed by atoms with Gasteiger partial charge in [0.05, 0.1) is 16.8 Å². The van der Waals surface area contributed by atoms with Crippen LogP contribution in [0.3, 0.4) is 0 Å². The number of aryl methyl sites for hydroxylation is 1. The molecule has 4 rings (SSSR count). The Kier molecular flexibility index (Phi) is 6.61. The third kappa shape index (κ3) is 4.70. The highest BCUT2D eigenvalue weighted by atomic mass is 16.5. The standard InChI is InChI=1S/C26H28N4O2/c1-4-21-23(16-27-2)28-26(29-25(21)31)32-20-14-12-18(13-15-20)17-30(3)24-11-7-9-19-8-5-6-10-22(19)24/h4-6,8,10,12-16,24H,2,7,9,11,17H2,1,3H3,(H,28,29,31)/b21-4+,23-16+. The van der Waals surface area contributed by atoms with Gasteiger partial charge in [0.2, 0.25) is 5.88 Å². The number of aliphatic imine (C=N–C) groups is 1. The first-order valence-electron chi connectivity index (χ1n) is 10.8. The van der Waals surface area contributed by atoms with Crippen molar-refractivity contribution < 1.29 is 9.84 Å². The van der Waals surface area contributed by atoms with Crippen LogP contribution >= 0.6 is 0 Å². The fourth-order valence-electron chi connectivity index (χ4n) is 4.31. The molecule has 164 valence electrons. The van der Waals surface area contributed by atoms with E-state index in [0.29, 0.717) is 22.4 Å². The lowest BCUT2D eigenvalue weighted by Gasteiger charge is -2.33. The van der Waals surface area contributed by atoms with Gasteiger partial charge in [0, 0.05) is 12.6 Å². The fourth-order valence-corrected chi connectivity index (χ4v) is 4.31. The maximum Gasteiger partial charge on any atom is 0.325 e. The fraction of sp³-hybridized carbons (Fsp3) is 0.269. The van der Waals surface area contributed by atoms with Crippen LogP contribution in [0.1, 0.15) is 42.5 Å². The molecule has 0 radical (unpaired) electrons. The van der Waals surface area contributed by atoms with E-state index in [-0.39, 0.29) is 11.9 Å². The second-order valence-corrected chi connectivity index (χ2v) is 8.00. The molecule has 0 saturated heterocycles. The second kappa shape index (κ2) is 9.75. The molecule has 1 aliphatic carbocycles. The summed E-state index contributed by atoms with van der Waals surface area (Å²) in [7, 11) is 2.19. The third-order valence-electron chi connectivity index (χ3n) is 5.87. The number of hydrogen-bond donors (Lipinski definition) is 1. The summed E-state index contributed by atoms with van der Waals surface area (Å²) in [5.74, 6) is 0.447. The maximum atomic E-state index is 10.2. The molecule has 3 aromatic rings. The number of ether oxygens (including phenoxy) is 1. The van der Waals surface area contributed by atoms with Crippen LogP contribution in [-0.2, 0) is 13.0 Å². The number of fused-ring (bicyclic) bond motifs is 1. The Morgan fingerprint density at radius 3 is 2.72 bits per heavy atom. The number of hydrogen-bond acceptors (Lipinski definition) is 6. The van der Waals surface area contributed by atoms with E-state index in [4.69, 9.17) is 4.74 Å². The number of aromatic hydroxyl groups is 1. The van der Waals surface area contributed by atoms with E-state index in [2.05, 4.69) is 57.9 Å². The van der Waals surface area contributed by atoms with Gasteiger partial charge in [-0.05, 0) is 68.8 Å². The summed E-state index contributed by atoms with van der Waals surface area (Å²) in [4.78, 5) is 14.5. The molecule has 1 heterocycles. The van der Waals surface area contributed by atoms with Crippen molar-refractivity contribution in [2.45, 2.75) is 38.8 Å². The van der Waals surface area contributed by atoms with E-state index in [1.54, 1.807) is 13.0 Å². The summed E-state index contributed by atoms with van der Waals surface area (Å²) < 4.78 is 5.78. The molecule has 32 heavy (non-hydrogen) atoms. The predicted molar refractivity (Wildman–Crippen MR) is 127 cm³/mol. The highest BCUT2D eigenvalue weighted by molar-refractivity contribution is 5.39. The van der Waals surface area contributed by atoms with Gasteiger partial charge in [0.1, 0.15) is 5.75 Å². The maximum absolute atomic E-state index is 10.2. The molecule has 6 nitrogen and oxygen atoms in total. The van der Waals surface area contributed by atoms with Crippen LogP contribution in [0.15, 0.2) is 53.5 Å². The van der Waals surface area contributed by atoms with Crippen LogP contribution in [0.2, 0.25) is 0 Å². The molecule has 1 atom stereocenters. The molecule has 6 heteroatoms. The van der Waals surface area contributed by atoms with Crippen LogP contribution in [0.5, 0.6) is 17.6 Å². The van der Waals surface area contributed by atoms with Gasteiger partial charge in [-0.15, -0.1) is 0 Å². The van der Waals surface area contributed by atoms with Crippen LogP contribution in [0.25, 0.3) is 12.3 Å². The lowest BCUT2D eigenvalue weighted by atomic mass is 9.87. The largest absolute Gasteiger partial charge is 0.493 e. The average molecular weight is 429 g/mol. The number of benzene rings is 2. The summed E-state index contributed by atoms with van der Waals surface area (Å²) in [5.41, 5.74) is 4.12. The van der Waals surface area contributed by atoms with Gasteiger partial charge < -0.3 is 9.84 Å². The van der Waals surface area contributed by atoms with Gasteiger partial charge in [0.25, 0.3) is 0 Å². The van der Waals surface area contributed by atoms with Crippen molar-refractivity contribution in [1.82, 2.24) is 14.9 Å². The van der Waals surface area contributed by atoms with Crippen molar-refractivity contribution in [3.63, 3.8) is 0 Å². The third-order valence-corrected chi connectivity index (χ3v) is 5.87. The molecule has 1 unspecified atom stereocenters. The van der Waals surface area contributed by atoms with Crippen LogP contribution < -0.4 is 15.3 Å². The first kappa shape index (κ1) is 21.7. The monoisotopic (exact) mass is 428 g/mol. The first-order valence-corrected chi connectivity index (χ1v) is 10.8. The zero-order valence-electron chi connectivity index (χ0n) is 18.5. The molecule has 0 aliphatic heterocycles. The van der Waals surface area contributed by atoms with E-state index >= 15 is 0 Å². The lowest BCUT2D eigenvalue weighted by Crippen LogP contribution is -2.29. The smallest absolute Gasteiger partial charge is 0.325 e. The topological polar surface area (TPSA) is 70.8 Å². The molecule has 0 fully saturated rings. The zero-order chi connectivity index (χ0) is 22.5. The van der Waals surface area contributed by atoms with E-state index < -0.39 is 0 Å². The Bertz CT molecular complexity index is 1220. The predicted octanol–water partition coefficient (Wildman–Crippen LogP) is 3.72. The summed E-state index contributed by atoms with van der Waals surface area (Å²) in [6.07, 6.45) is 6.75. The average Bonchev–Trinajstić information content (AvgIpc) is 2.80. The minimum atomic E-state index is -0.154. The Morgan fingerprint density at radius 1 is 1.19 bits per heavy atom.